The molecule has 1 aromatic carbocycles. The first-order chi connectivity index (χ1) is 10.5. The number of aliphatic imine (C=N–C) groups is 1. The van der Waals surface area contributed by atoms with Crippen molar-refractivity contribution in [2.45, 2.75) is 34.2 Å². The summed E-state index contributed by atoms with van der Waals surface area (Å²) in [6.07, 6.45) is 0. The van der Waals surface area contributed by atoms with Crippen molar-refractivity contribution in [1.82, 2.24) is 5.32 Å². The zero-order valence-electron chi connectivity index (χ0n) is 14.2. The maximum Gasteiger partial charge on any atom is 0.188 e. The molecular weight excluding hydrogens is 278 g/mol. The van der Waals surface area contributed by atoms with Gasteiger partial charge in [0.2, 0.25) is 0 Å². The minimum atomic E-state index is 0.467. The summed E-state index contributed by atoms with van der Waals surface area (Å²) >= 11 is 0. The fourth-order valence-corrected chi connectivity index (χ4v) is 1.82. The maximum atomic E-state index is 5.87. The molecule has 0 amide bonds. The van der Waals surface area contributed by atoms with Crippen molar-refractivity contribution >= 4 is 5.96 Å². The molecule has 0 saturated carbocycles. The molecule has 1 rings (SSSR count). The number of hydrogen-bond donors (Lipinski definition) is 2. The summed E-state index contributed by atoms with van der Waals surface area (Å²) in [6, 6.07) is 6.11. The highest BCUT2D eigenvalue weighted by atomic mass is 16.5. The van der Waals surface area contributed by atoms with E-state index in [0.29, 0.717) is 38.2 Å². The van der Waals surface area contributed by atoms with Crippen molar-refractivity contribution in [3.63, 3.8) is 0 Å². The van der Waals surface area contributed by atoms with Crippen LogP contribution in [0.3, 0.4) is 0 Å². The predicted octanol–water partition coefficient (Wildman–Crippen LogP) is 2.47. The van der Waals surface area contributed by atoms with E-state index in [9.17, 15) is 0 Å². The first kappa shape index (κ1) is 18.3. The monoisotopic (exact) mass is 307 g/mol. The highest BCUT2D eigenvalue weighted by molar-refractivity contribution is 5.77. The van der Waals surface area contributed by atoms with E-state index in [1.165, 1.54) is 0 Å². The standard InChI is InChI=1S/C17H29N3O2/c1-5-21-8-9-22-16-10-14(4)6-7-15(16)12-20-17(18)19-11-13(2)3/h6-7,10,13H,5,8-9,11-12H2,1-4H3,(H3,18,19,20). The fraction of sp³-hybridized carbons (Fsp3) is 0.588. The third-order valence-corrected chi connectivity index (χ3v) is 3.02. The number of ether oxygens (including phenoxy) is 2. The first-order valence-corrected chi connectivity index (χ1v) is 7.86. The Morgan fingerprint density at radius 1 is 1.32 bits per heavy atom. The summed E-state index contributed by atoms with van der Waals surface area (Å²) in [5.74, 6) is 1.85. The SMILES string of the molecule is CCOCCOc1cc(C)ccc1CN=C(N)NCC(C)C. The maximum absolute atomic E-state index is 5.87. The van der Waals surface area contributed by atoms with Crippen molar-refractivity contribution in [3.05, 3.63) is 29.3 Å². The minimum Gasteiger partial charge on any atom is -0.491 e. The van der Waals surface area contributed by atoms with E-state index in [0.717, 1.165) is 23.4 Å². The molecule has 0 aliphatic rings. The molecule has 124 valence electrons. The predicted molar refractivity (Wildman–Crippen MR) is 91.3 cm³/mol. The molecule has 0 heterocycles. The molecule has 0 atom stereocenters. The van der Waals surface area contributed by atoms with Crippen LogP contribution in [0.5, 0.6) is 5.75 Å². The van der Waals surface area contributed by atoms with Crippen molar-refractivity contribution < 1.29 is 9.47 Å². The lowest BCUT2D eigenvalue weighted by Crippen LogP contribution is -2.34. The molecule has 0 aliphatic heterocycles. The summed E-state index contributed by atoms with van der Waals surface area (Å²) in [7, 11) is 0. The Morgan fingerprint density at radius 3 is 2.77 bits per heavy atom. The Balaban J connectivity index is 2.62. The topological polar surface area (TPSA) is 68.9 Å². The van der Waals surface area contributed by atoms with Gasteiger partial charge in [0.1, 0.15) is 12.4 Å². The van der Waals surface area contributed by atoms with Gasteiger partial charge in [-0.1, -0.05) is 26.0 Å². The van der Waals surface area contributed by atoms with Gasteiger partial charge in [0.25, 0.3) is 0 Å². The number of hydrogen-bond acceptors (Lipinski definition) is 3. The van der Waals surface area contributed by atoms with Crippen molar-refractivity contribution in [3.8, 4) is 5.75 Å². The normalized spacial score (nSPS) is 11.8. The lowest BCUT2D eigenvalue weighted by atomic mass is 10.1. The Morgan fingerprint density at radius 2 is 2.09 bits per heavy atom. The number of nitrogens with one attached hydrogen (secondary N) is 1. The number of aryl methyl sites for hydroxylation is 1. The van der Waals surface area contributed by atoms with Crippen LogP contribution in [0.4, 0.5) is 0 Å². The zero-order chi connectivity index (χ0) is 16.4. The highest BCUT2D eigenvalue weighted by Gasteiger charge is 2.04. The van der Waals surface area contributed by atoms with Crippen LogP contribution in [-0.2, 0) is 11.3 Å². The lowest BCUT2D eigenvalue weighted by Gasteiger charge is -2.12. The first-order valence-electron chi connectivity index (χ1n) is 7.86. The molecule has 0 radical (unpaired) electrons. The van der Waals surface area contributed by atoms with Gasteiger partial charge in [-0.3, -0.25) is 0 Å². The van der Waals surface area contributed by atoms with Gasteiger partial charge in [0.05, 0.1) is 13.2 Å². The summed E-state index contributed by atoms with van der Waals surface area (Å²) in [6.45, 7) is 11.4. The van der Waals surface area contributed by atoms with Gasteiger partial charge < -0.3 is 20.5 Å². The lowest BCUT2D eigenvalue weighted by molar-refractivity contribution is 0.110. The second-order valence-corrected chi connectivity index (χ2v) is 5.63. The van der Waals surface area contributed by atoms with Crippen LogP contribution in [0, 0.1) is 12.8 Å². The van der Waals surface area contributed by atoms with Gasteiger partial charge in [-0.25, -0.2) is 4.99 Å². The molecule has 5 nitrogen and oxygen atoms in total. The quantitative estimate of drug-likeness (QED) is 0.418. The average Bonchev–Trinajstić information content (AvgIpc) is 2.48. The number of nitrogens with two attached hydrogens (primary N) is 1. The highest BCUT2D eigenvalue weighted by Crippen LogP contribution is 2.21. The molecule has 0 fully saturated rings. The van der Waals surface area contributed by atoms with Crippen molar-refractivity contribution in [1.29, 1.82) is 0 Å². The summed E-state index contributed by atoms with van der Waals surface area (Å²) in [4.78, 5) is 4.37. The van der Waals surface area contributed by atoms with E-state index >= 15 is 0 Å². The van der Waals surface area contributed by atoms with E-state index in [-0.39, 0.29) is 0 Å². The van der Waals surface area contributed by atoms with Crippen LogP contribution in [-0.4, -0.2) is 32.3 Å². The van der Waals surface area contributed by atoms with Crippen LogP contribution in [0.1, 0.15) is 31.9 Å². The van der Waals surface area contributed by atoms with Crippen LogP contribution in [0.25, 0.3) is 0 Å². The smallest absolute Gasteiger partial charge is 0.188 e. The van der Waals surface area contributed by atoms with E-state index in [2.05, 4.69) is 30.2 Å². The molecule has 3 N–H and O–H groups in total. The molecule has 0 bridgehead atoms. The number of benzene rings is 1. The second-order valence-electron chi connectivity index (χ2n) is 5.63. The van der Waals surface area contributed by atoms with Gasteiger partial charge in [-0.2, -0.15) is 0 Å². The van der Waals surface area contributed by atoms with Crippen LogP contribution in [0.15, 0.2) is 23.2 Å². The van der Waals surface area contributed by atoms with Crippen LogP contribution in [0.2, 0.25) is 0 Å². The molecule has 0 unspecified atom stereocenters. The van der Waals surface area contributed by atoms with Crippen molar-refractivity contribution in [2.75, 3.05) is 26.4 Å². The summed E-state index contributed by atoms with van der Waals surface area (Å²) < 4.78 is 11.1. The zero-order valence-corrected chi connectivity index (χ0v) is 14.2. The molecule has 22 heavy (non-hydrogen) atoms. The molecule has 5 heteroatoms. The van der Waals surface area contributed by atoms with E-state index in [4.69, 9.17) is 15.2 Å². The van der Waals surface area contributed by atoms with Crippen LogP contribution < -0.4 is 15.8 Å². The minimum absolute atomic E-state index is 0.467. The van der Waals surface area contributed by atoms with Gasteiger partial charge in [-0.05, 0) is 31.4 Å². The van der Waals surface area contributed by atoms with Gasteiger partial charge in [-0.15, -0.1) is 0 Å². The molecule has 0 saturated heterocycles. The number of rotatable bonds is 9. The molecule has 0 aromatic heterocycles. The third-order valence-electron chi connectivity index (χ3n) is 3.02. The Labute approximate surface area is 133 Å². The number of guanidine groups is 1. The Kier molecular flexibility index (Phi) is 8.36. The largest absolute Gasteiger partial charge is 0.491 e. The second kappa shape index (κ2) is 10.1. The fourth-order valence-electron chi connectivity index (χ4n) is 1.82. The molecule has 1 aromatic rings. The van der Waals surface area contributed by atoms with Crippen molar-refractivity contribution in [2.24, 2.45) is 16.6 Å². The van der Waals surface area contributed by atoms with E-state index in [1.54, 1.807) is 0 Å². The third kappa shape index (κ3) is 7.31. The van der Waals surface area contributed by atoms with Gasteiger partial charge in [0, 0.05) is 18.7 Å². The Bertz CT molecular complexity index is 473. The van der Waals surface area contributed by atoms with E-state index < -0.39 is 0 Å². The van der Waals surface area contributed by atoms with Gasteiger partial charge >= 0.3 is 0 Å². The molecule has 0 spiro atoms. The summed E-state index contributed by atoms with van der Waals surface area (Å²) in [5, 5.41) is 3.11. The molecular formula is C17H29N3O2. The van der Waals surface area contributed by atoms with Crippen LogP contribution >= 0.6 is 0 Å². The average molecular weight is 307 g/mol. The Hall–Kier alpha value is -1.75. The molecule has 0 aliphatic carbocycles. The summed E-state index contributed by atoms with van der Waals surface area (Å²) in [5.41, 5.74) is 8.05. The van der Waals surface area contributed by atoms with Gasteiger partial charge in [0.15, 0.2) is 5.96 Å². The number of nitrogens with zero attached hydrogens (tertiary/aromatic N) is 1. The van der Waals surface area contributed by atoms with E-state index in [1.807, 2.05) is 26.0 Å².